The van der Waals surface area contributed by atoms with Crippen molar-refractivity contribution in [2.45, 2.75) is 6.42 Å². The van der Waals surface area contributed by atoms with Gasteiger partial charge in [-0.05, 0) is 24.6 Å². The van der Waals surface area contributed by atoms with Gasteiger partial charge in [-0.25, -0.2) is 4.39 Å². The molecule has 0 radical (unpaired) electrons. The Balaban J connectivity index is 2.24. The maximum atomic E-state index is 13.4. The highest BCUT2D eigenvalue weighted by Crippen LogP contribution is 2.11. The van der Waals surface area contributed by atoms with Crippen LogP contribution in [0.25, 0.3) is 0 Å². The van der Waals surface area contributed by atoms with E-state index in [-0.39, 0.29) is 5.56 Å². The van der Waals surface area contributed by atoms with Crippen LogP contribution in [-0.2, 0) is 9.47 Å². The predicted octanol–water partition coefficient (Wildman–Crippen LogP) is 1.19. The minimum absolute atomic E-state index is 0.00509. The molecule has 106 valence electrons. The number of anilines is 1. The lowest BCUT2D eigenvalue weighted by Crippen LogP contribution is -2.26. The maximum Gasteiger partial charge on any atom is 0.254 e. The molecular formula is C13H19FN2O3. The molecule has 0 aliphatic carbocycles. The van der Waals surface area contributed by atoms with Crippen molar-refractivity contribution in [1.29, 1.82) is 0 Å². The fourth-order valence-electron chi connectivity index (χ4n) is 1.43. The van der Waals surface area contributed by atoms with E-state index in [1.54, 1.807) is 7.11 Å². The topological polar surface area (TPSA) is 73.6 Å². The van der Waals surface area contributed by atoms with Crippen LogP contribution >= 0.6 is 0 Å². The Morgan fingerprint density at radius 3 is 2.84 bits per heavy atom. The standard InChI is InChI=1S/C13H19FN2O3/c1-18-7-8-19-6-2-5-16-13(17)11-4-3-10(15)9-12(11)14/h3-4,9H,2,5-8,15H2,1H3,(H,16,17). The molecule has 1 amide bonds. The summed E-state index contributed by atoms with van der Waals surface area (Å²) in [6.07, 6.45) is 0.659. The zero-order valence-corrected chi connectivity index (χ0v) is 10.9. The summed E-state index contributed by atoms with van der Waals surface area (Å²) in [6, 6.07) is 3.99. The van der Waals surface area contributed by atoms with Gasteiger partial charge < -0.3 is 20.5 Å². The number of nitrogens with one attached hydrogen (secondary N) is 1. The molecule has 0 aliphatic heterocycles. The fourth-order valence-corrected chi connectivity index (χ4v) is 1.43. The third-order valence-corrected chi connectivity index (χ3v) is 2.42. The first-order chi connectivity index (χ1) is 9.15. The summed E-state index contributed by atoms with van der Waals surface area (Å²) >= 11 is 0. The van der Waals surface area contributed by atoms with Gasteiger partial charge in [0.1, 0.15) is 5.82 Å². The Bertz CT molecular complexity index is 413. The molecule has 0 saturated heterocycles. The Hall–Kier alpha value is -1.66. The fraction of sp³-hybridized carbons (Fsp3) is 0.462. The second-order valence-electron chi connectivity index (χ2n) is 3.95. The summed E-state index contributed by atoms with van der Waals surface area (Å²) in [5.74, 6) is -1.07. The van der Waals surface area contributed by atoms with Gasteiger partial charge in [0.25, 0.3) is 5.91 Å². The van der Waals surface area contributed by atoms with E-state index in [4.69, 9.17) is 15.2 Å². The molecule has 0 bridgehead atoms. The van der Waals surface area contributed by atoms with Crippen molar-refractivity contribution in [2.75, 3.05) is 39.2 Å². The third-order valence-electron chi connectivity index (χ3n) is 2.42. The molecule has 0 fully saturated rings. The lowest BCUT2D eigenvalue weighted by atomic mass is 10.2. The van der Waals surface area contributed by atoms with E-state index in [0.29, 0.717) is 38.5 Å². The van der Waals surface area contributed by atoms with Gasteiger partial charge in [-0.15, -0.1) is 0 Å². The average molecular weight is 270 g/mol. The number of benzene rings is 1. The molecule has 1 aromatic rings. The monoisotopic (exact) mass is 270 g/mol. The van der Waals surface area contributed by atoms with Gasteiger partial charge in [0, 0.05) is 25.9 Å². The Labute approximate surface area is 111 Å². The molecule has 0 aliphatic rings. The number of carbonyl (C=O) groups is 1. The van der Waals surface area contributed by atoms with Crippen molar-refractivity contribution in [3.63, 3.8) is 0 Å². The van der Waals surface area contributed by atoms with Crippen molar-refractivity contribution >= 4 is 11.6 Å². The van der Waals surface area contributed by atoms with Crippen LogP contribution in [0.2, 0.25) is 0 Å². The number of carbonyl (C=O) groups excluding carboxylic acids is 1. The van der Waals surface area contributed by atoms with E-state index in [0.717, 1.165) is 6.07 Å². The molecule has 0 spiro atoms. The van der Waals surface area contributed by atoms with E-state index < -0.39 is 11.7 Å². The lowest BCUT2D eigenvalue weighted by molar-refractivity contribution is 0.0688. The average Bonchev–Trinajstić information content (AvgIpc) is 2.37. The van der Waals surface area contributed by atoms with Crippen LogP contribution in [0.5, 0.6) is 0 Å². The van der Waals surface area contributed by atoms with Gasteiger partial charge in [0.2, 0.25) is 0 Å². The van der Waals surface area contributed by atoms with Crippen molar-refractivity contribution in [1.82, 2.24) is 5.32 Å². The number of hydrogen-bond acceptors (Lipinski definition) is 4. The summed E-state index contributed by atoms with van der Waals surface area (Å²) in [5, 5.41) is 2.62. The van der Waals surface area contributed by atoms with Gasteiger partial charge in [0.05, 0.1) is 18.8 Å². The second kappa shape index (κ2) is 8.44. The van der Waals surface area contributed by atoms with Gasteiger partial charge in [0.15, 0.2) is 0 Å². The highest BCUT2D eigenvalue weighted by Gasteiger charge is 2.10. The molecule has 19 heavy (non-hydrogen) atoms. The summed E-state index contributed by atoms with van der Waals surface area (Å²) in [6.45, 7) is 2.02. The highest BCUT2D eigenvalue weighted by atomic mass is 19.1. The number of rotatable bonds is 8. The molecule has 0 saturated carbocycles. The zero-order chi connectivity index (χ0) is 14.1. The van der Waals surface area contributed by atoms with Crippen LogP contribution in [0, 0.1) is 5.82 Å². The number of halogens is 1. The van der Waals surface area contributed by atoms with Crippen molar-refractivity contribution in [3.8, 4) is 0 Å². The number of amides is 1. The maximum absolute atomic E-state index is 13.4. The molecule has 3 N–H and O–H groups in total. The van der Waals surface area contributed by atoms with Gasteiger partial charge in [-0.2, -0.15) is 0 Å². The van der Waals surface area contributed by atoms with Crippen LogP contribution in [0.4, 0.5) is 10.1 Å². The molecule has 0 heterocycles. The van der Waals surface area contributed by atoms with Crippen LogP contribution in [0.1, 0.15) is 16.8 Å². The first-order valence-corrected chi connectivity index (χ1v) is 6.05. The van der Waals surface area contributed by atoms with Crippen molar-refractivity contribution in [3.05, 3.63) is 29.6 Å². The summed E-state index contributed by atoms with van der Waals surface area (Å²) < 4.78 is 23.5. The Morgan fingerprint density at radius 2 is 2.16 bits per heavy atom. The molecular weight excluding hydrogens is 251 g/mol. The van der Waals surface area contributed by atoms with Crippen LogP contribution < -0.4 is 11.1 Å². The second-order valence-corrected chi connectivity index (χ2v) is 3.95. The molecule has 1 aromatic carbocycles. The van der Waals surface area contributed by atoms with Gasteiger partial charge in [-0.1, -0.05) is 0 Å². The largest absolute Gasteiger partial charge is 0.399 e. The first-order valence-electron chi connectivity index (χ1n) is 6.05. The first kappa shape index (κ1) is 15.4. The van der Waals surface area contributed by atoms with E-state index >= 15 is 0 Å². The molecule has 0 unspecified atom stereocenters. The highest BCUT2D eigenvalue weighted by molar-refractivity contribution is 5.94. The number of hydrogen-bond donors (Lipinski definition) is 2. The molecule has 0 atom stereocenters. The molecule has 0 aromatic heterocycles. The quantitative estimate of drug-likeness (QED) is 0.550. The van der Waals surface area contributed by atoms with Crippen LogP contribution in [0.3, 0.4) is 0 Å². The number of nitrogens with two attached hydrogens (primary N) is 1. The molecule has 1 rings (SSSR count). The van der Waals surface area contributed by atoms with E-state index in [1.807, 2.05) is 0 Å². The molecule has 5 nitrogen and oxygen atoms in total. The van der Waals surface area contributed by atoms with Gasteiger partial charge in [-0.3, -0.25) is 4.79 Å². The SMILES string of the molecule is COCCOCCCNC(=O)c1ccc(N)cc1F. The third kappa shape index (κ3) is 5.67. The van der Waals surface area contributed by atoms with Crippen LogP contribution in [0.15, 0.2) is 18.2 Å². The number of ether oxygens (including phenoxy) is 2. The molecule has 6 heteroatoms. The minimum atomic E-state index is -0.617. The Morgan fingerprint density at radius 1 is 1.37 bits per heavy atom. The minimum Gasteiger partial charge on any atom is -0.399 e. The number of methoxy groups -OCH3 is 1. The van der Waals surface area contributed by atoms with Crippen molar-refractivity contribution in [2.24, 2.45) is 0 Å². The summed E-state index contributed by atoms with van der Waals surface area (Å²) in [7, 11) is 1.60. The predicted molar refractivity (Wildman–Crippen MR) is 70.5 cm³/mol. The van der Waals surface area contributed by atoms with Crippen molar-refractivity contribution < 1.29 is 18.7 Å². The van der Waals surface area contributed by atoms with Crippen LogP contribution in [-0.4, -0.2) is 39.4 Å². The zero-order valence-electron chi connectivity index (χ0n) is 10.9. The van der Waals surface area contributed by atoms with E-state index in [1.165, 1.54) is 12.1 Å². The van der Waals surface area contributed by atoms with E-state index in [2.05, 4.69) is 5.32 Å². The van der Waals surface area contributed by atoms with Gasteiger partial charge >= 0.3 is 0 Å². The normalized spacial score (nSPS) is 10.4. The Kier molecular flexibility index (Phi) is 6.84. The number of nitrogen functional groups attached to an aromatic ring is 1. The summed E-state index contributed by atoms with van der Waals surface area (Å²) in [4.78, 5) is 11.7. The smallest absolute Gasteiger partial charge is 0.254 e. The lowest BCUT2D eigenvalue weighted by Gasteiger charge is -2.07. The van der Waals surface area contributed by atoms with E-state index in [9.17, 15) is 9.18 Å². The summed E-state index contributed by atoms with van der Waals surface area (Å²) in [5.41, 5.74) is 5.70.